The maximum absolute atomic E-state index is 12.9. The van der Waals surface area contributed by atoms with Crippen molar-refractivity contribution in [2.75, 3.05) is 12.4 Å². The van der Waals surface area contributed by atoms with E-state index in [1.807, 2.05) is 6.07 Å². The van der Waals surface area contributed by atoms with Crippen LogP contribution >= 0.6 is 0 Å². The minimum Gasteiger partial charge on any atom is -0.435 e. The molecule has 162 valence electrons. The molecule has 9 heteroatoms. The minimum absolute atomic E-state index is 0.0255. The van der Waals surface area contributed by atoms with Crippen molar-refractivity contribution < 1.29 is 27.9 Å². The highest BCUT2D eigenvalue weighted by atomic mass is 19.3. The first-order valence-corrected chi connectivity index (χ1v) is 9.84. The fourth-order valence-electron chi connectivity index (χ4n) is 3.93. The van der Waals surface area contributed by atoms with Crippen molar-refractivity contribution in [2.24, 2.45) is 0 Å². The van der Waals surface area contributed by atoms with E-state index in [-0.39, 0.29) is 36.4 Å². The van der Waals surface area contributed by atoms with Crippen molar-refractivity contribution in [3.05, 3.63) is 59.2 Å². The zero-order valence-electron chi connectivity index (χ0n) is 16.8. The number of carbonyl (C=O) groups is 3. The van der Waals surface area contributed by atoms with E-state index in [4.69, 9.17) is 0 Å². The predicted molar refractivity (Wildman–Crippen MR) is 108 cm³/mol. The number of halogens is 2. The van der Waals surface area contributed by atoms with Crippen LogP contribution in [0.4, 0.5) is 14.5 Å². The third kappa shape index (κ3) is 4.35. The lowest BCUT2D eigenvalue weighted by atomic mass is 10.1. The Kier molecular flexibility index (Phi) is 5.58. The Hall–Kier alpha value is -3.49. The zero-order valence-corrected chi connectivity index (χ0v) is 16.8. The molecule has 2 aromatic carbocycles. The van der Waals surface area contributed by atoms with Gasteiger partial charge in [0.2, 0.25) is 11.8 Å². The number of likely N-dealkylation sites (tertiary alicyclic amines) is 1. The van der Waals surface area contributed by atoms with Crippen LogP contribution in [0.5, 0.6) is 5.75 Å². The van der Waals surface area contributed by atoms with Crippen LogP contribution in [0.2, 0.25) is 0 Å². The number of carbonyl (C=O) groups excluding carboxylic acids is 3. The number of hydrogen-bond donors (Lipinski definition) is 1. The van der Waals surface area contributed by atoms with Crippen molar-refractivity contribution in [1.29, 1.82) is 0 Å². The molecule has 2 aliphatic heterocycles. The molecule has 0 spiro atoms. The molecule has 1 N–H and O–H groups in total. The molecule has 2 aliphatic rings. The van der Waals surface area contributed by atoms with Crippen LogP contribution in [0, 0.1) is 0 Å². The van der Waals surface area contributed by atoms with Gasteiger partial charge in [-0.1, -0.05) is 18.2 Å². The van der Waals surface area contributed by atoms with Crippen LogP contribution < -0.4 is 10.1 Å². The number of rotatable bonds is 6. The van der Waals surface area contributed by atoms with Crippen LogP contribution in [0.1, 0.15) is 34.3 Å². The van der Waals surface area contributed by atoms with Crippen molar-refractivity contribution in [1.82, 2.24) is 9.80 Å². The lowest BCUT2D eigenvalue weighted by molar-refractivity contribution is -0.133. The summed E-state index contributed by atoms with van der Waals surface area (Å²) in [6.45, 7) is -2.19. The van der Waals surface area contributed by atoms with Crippen molar-refractivity contribution in [3.8, 4) is 5.75 Å². The van der Waals surface area contributed by atoms with E-state index < -0.39 is 12.7 Å². The number of hydrogen-bond acceptors (Lipinski definition) is 4. The summed E-state index contributed by atoms with van der Waals surface area (Å²) >= 11 is 0. The Morgan fingerprint density at radius 1 is 1.19 bits per heavy atom. The Balaban J connectivity index is 1.44. The first-order chi connectivity index (χ1) is 14.8. The van der Waals surface area contributed by atoms with E-state index in [2.05, 4.69) is 10.1 Å². The fraction of sp³-hybridized carbons (Fsp3) is 0.318. The molecule has 0 aliphatic carbocycles. The topological polar surface area (TPSA) is 79.0 Å². The van der Waals surface area contributed by atoms with E-state index in [1.165, 1.54) is 17.0 Å². The standard InChI is InChI=1S/C22H21F2N3O4/c1-26-12-14-4-5-15(10-17(14)21(26)30)25-20(29)18-8-9-19(28)27(18)11-13-2-6-16(7-3-13)31-22(23)24/h2-7,10,18,22H,8-9,11-12H2,1H3,(H,25,29). The predicted octanol–water partition coefficient (Wildman–Crippen LogP) is 3.00. The quantitative estimate of drug-likeness (QED) is 0.766. The number of amides is 3. The van der Waals surface area contributed by atoms with E-state index in [0.717, 1.165) is 5.56 Å². The summed E-state index contributed by atoms with van der Waals surface area (Å²) in [7, 11) is 1.72. The summed E-state index contributed by atoms with van der Waals surface area (Å²) in [6.07, 6.45) is 0.627. The molecule has 2 heterocycles. The maximum Gasteiger partial charge on any atom is 0.387 e. The second-order valence-corrected chi connectivity index (χ2v) is 7.62. The van der Waals surface area contributed by atoms with Gasteiger partial charge in [0, 0.05) is 37.8 Å². The number of anilines is 1. The van der Waals surface area contributed by atoms with Crippen LogP contribution in [-0.4, -0.2) is 47.2 Å². The van der Waals surface area contributed by atoms with E-state index >= 15 is 0 Å². The molecular formula is C22H21F2N3O4. The molecule has 7 nitrogen and oxygen atoms in total. The number of fused-ring (bicyclic) bond motifs is 1. The molecule has 0 bridgehead atoms. The summed E-state index contributed by atoms with van der Waals surface area (Å²) < 4.78 is 28.9. The molecular weight excluding hydrogens is 408 g/mol. The molecule has 0 radical (unpaired) electrons. The summed E-state index contributed by atoms with van der Waals surface area (Å²) in [5.74, 6) is -0.554. The van der Waals surface area contributed by atoms with Gasteiger partial charge in [-0.3, -0.25) is 14.4 Å². The SMILES string of the molecule is CN1Cc2ccc(NC(=O)C3CCC(=O)N3Cc3ccc(OC(F)F)cc3)cc2C1=O. The molecule has 0 saturated carbocycles. The number of ether oxygens (including phenoxy) is 1. The van der Waals surface area contributed by atoms with Crippen LogP contribution in [0.25, 0.3) is 0 Å². The zero-order chi connectivity index (χ0) is 22.1. The van der Waals surface area contributed by atoms with Gasteiger partial charge >= 0.3 is 6.61 Å². The Morgan fingerprint density at radius 3 is 2.65 bits per heavy atom. The summed E-state index contributed by atoms with van der Waals surface area (Å²) in [5, 5.41) is 2.81. The van der Waals surface area contributed by atoms with Gasteiger partial charge in [0.1, 0.15) is 11.8 Å². The van der Waals surface area contributed by atoms with Gasteiger partial charge in [-0.05, 0) is 41.8 Å². The second kappa shape index (κ2) is 8.33. The molecule has 4 rings (SSSR count). The third-order valence-corrected chi connectivity index (χ3v) is 5.49. The van der Waals surface area contributed by atoms with Crippen molar-refractivity contribution in [2.45, 2.75) is 38.6 Å². The highest BCUT2D eigenvalue weighted by molar-refractivity contribution is 6.02. The first kappa shape index (κ1) is 20.8. The normalized spacial score (nSPS) is 18.0. The van der Waals surface area contributed by atoms with Gasteiger partial charge in [0.25, 0.3) is 5.91 Å². The lowest BCUT2D eigenvalue weighted by Crippen LogP contribution is -2.41. The van der Waals surface area contributed by atoms with E-state index in [0.29, 0.717) is 29.8 Å². The second-order valence-electron chi connectivity index (χ2n) is 7.62. The fourth-order valence-corrected chi connectivity index (χ4v) is 3.93. The van der Waals surface area contributed by atoms with Crippen molar-refractivity contribution >= 4 is 23.4 Å². The summed E-state index contributed by atoms with van der Waals surface area (Å²) in [4.78, 5) is 40.5. The Labute approximate surface area is 177 Å². The Morgan fingerprint density at radius 2 is 1.94 bits per heavy atom. The van der Waals surface area contributed by atoms with Gasteiger partial charge in [-0.2, -0.15) is 8.78 Å². The Bertz CT molecular complexity index is 1030. The first-order valence-electron chi connectivity index (χ1n) is 9.84. The van der Waals surface area contributed by atoms with Crippen LogP contribution in [0.15, 0.2) is 42.5 Å². The average Bonchev–Trinajstić information content (AvgIpc) is 3.23. The van der Waals surface area contributed by atoms with Gasteiger partial charge in [0.15, 0.2) is 0 Å². The molecule has 31 heavy (non-hydrogen) atoms. The van der Waals surface area contributed by atoms with Gasteiger partial charge < -0.3 is 19.9 Å². The molecule has 1 unspecified atom stereocenters. The molecule has 2 aromatic rings. The number of nitrogens with zero attached hydrogens (tertiary/aromatic N) is 2. The van der Waals surface area contributed by atoms with Gasteiger partial charge in [-0.15, -0.1) is 0 Å². The maximum atomic E-state index is 12.9. The highest BCUT2D eigenvalue weighted by Crippen LogP contribution is 2.27. The van der Waals surface area contributed by atoms with E-state index in [9.17, 15) is 23.2 Å². The third-order valence-electron chi connectivity index (χ3n) is 5.49. The lowest BCUT2D eigenvalue weighted by Gasteiger charge is -2.24. The molecule has 0 aromatic heterocycles. The number of alkyl halides is 2. The van der Waals surface area contributed by atoms with E-state index in [1.54, 1.807) is 36.2 Å². The number of benzene rings is 2. The molecule has 3 amide bonds. The smallest absolute Gasteiger partial charge is 0.387 e. The summed E-state index contributed by atoms with van der Waals surface area (Å²) in [6, 6.07) is 10.5. The van der Waals surface area contributed by atoms with Gasteiger partial charge in [-0.25, -0.2) is 0 Å². The largest absolute Gasteiger partial charge is 0.435 e. The molecule has 1 atom stereocenters. The highest BCUT2D eigenvalue weighted by Gasteiger charge is 2.36. The molecule has 1 saturated heterocycles. The van der Waals surface area contributed by atoms with Gasteiger partial charge in [0.05, 0.1) is 0 Å². The molecule has 1 fully saturated rings. The van der Waals surface area contributed by atoms with Crippen LogP contribution in [-0.2, 0) is 22.7 Å². The minimum atomic E-state index is -2.91. The monoisotopic (exact) mass is 429 g/mol. The van der Waals surface area contributed by atoms with Crippen LogP contribution in [0.3, 0.4) is 0 Å². The summed E-state index contributed by atoms with van der Waals surface area (Å²) in [5.41, 5.74) is 2.66. The number of nitrogens with one attached hydrogen (secondary N) is 1. The van der Waals surface area contributed by atoms with Crippen molar-refractivity contribution in [3.63, 3.8) is 0 Å². The average molecular weight is 429 g/mol.